The molecule has 3 aromatic heterocycles. The van der Waals surface area contributed by atoms with E-state index < -0.39 is 11.5 Å². The second kappa shape index (κ2) is 7.97. The van der Waals surface area contributed by atoms with Crippen molar-refractivity contribution < 1.29 is 23.2 Å². The number of hydrogen-bond acceptors (Lipinski definition) is 8. The molecule has 0 radical (unpaired) electrons. The Balaban J connectivity index is 1.37. The van der Waals surface area contributed by atoms with Gasteiger partial charge in [-0.1, -0.05) is 23.5 Å². The van der Waals surface area contributed by atoms with Crippen LogP contribution >= 0.6 is 11.3 Å². The minimum atomic E-state index is -0.713. The van der Waals surface area contributed by atoms with Crippen molar-refractivity contribution >= 4 is 39.3 Å². The van der Waals surface area contributed by atoms with E-state index in [1.165, 1.54) is 37.0 Å². The Hall–Kier alpha value is -3.92. The Morgan fingerprint density at radius 3 is 2.94 bits per heavy atom. The molecule has 0 spiro atoms. The molecule has 1 aliphatic rings. The predicted octanol–water partition coefficient (Wildman–Crippen LogP) is 3.30. The minimum absolute atomic E-state index is 0.0350. The molecule has 0 atom stereocenters. The van der Waals surface area contributed by atoms with Crippen LogP contribution in [0.1, 0.15) is 31.3 Å². The molecule has 5 rings (SSSR count). The molecule has 1 aliphatic heterocycles. The number of fused-ring (bicyclic) bond motifs is 2. The zero-order valence-corrected chi connectivity index (χ0v) is 17.7. The van der Waals surface area contributed by atoms with Crippen molar-refractivity contribution in [1.29, 1.82) is 0 Å². The Morgan fingerprint density at radius 2 is 2.16 bits per heavy atom. The summed E-state index contributed by atoms with van der Waals surface area (Å²) in [5.41, 5.74) is 0.784. The van der Waals surface area contributed by atoms with Crippen LogP contribution in [0.5, 0.6) is 5.75 Å². The van der Waals surface area contributed by atoms with E-state index in [0.29, 0.717) is 46.9 Å². The van der Waals surface area contributed by atoms with Gasteiger partial charge < -0.3 is 18.5 Å². The standard InChI is InChI=1S/C22H17N3O6S/c1-29-16-4-2-3-12-9-14(21(28)31-18(12)16)20(27)25-7-5-15-17(10-25)32-22(23-15)24-19(26)13-6-8-30-11-13/h2-4,6,8-9,11H,5,7,10H2,1H3,(H,23,24,26). The van der Waals surface area contributed by atoms with Crippen LogP contribution in [0.25, 0.3) is 11.0 Å². The van der Waals surface area contributed by atoms with Crippen molar-refractivity contribution in [3.8, 4) is 5.75 Å². The quantitative estimate of drug-likeness (QED) is 0.474. The number of para-hydroxylation sites is 1. The van der Waals surface area contributed by atoms with Gasteiger partial charge in [0.05, 0.1) is 31.2 Å². The normalized spacial score (nSPS) is 13.1. The lowest BCUT2D eigenvalue weighted by Crippen LogP contribution is -2.37. The highest BCUT2D eigenvalue weighted by molar-refractivity contribution is 7.15. The van der Waals surface area contributed by atoms with Crippen molar-refractivity contribution in [2.45, 2.75) is 13.0 Å². The summed E-state index contributed by atoms with van der Waals surface area (Å²) in [4.78, 5) is 44.8. The van der Waals surface area contributed by atoms with Crippen molar-refractivity contribution in [1.82, 2.24) is 9.88 Å². The molecule has 2 amide bonds. The highest BCUT2D eigenvalue weighted by Crippen LogP contribution is 2.30. The van der Waals surface area contributed by atoms with Gasteiger partial charge in [0.15, 0.2) is 16.5 Å². The number of thiazole rings is 1. The molecule has 0 aliphatic carbocycles. The van der Waals surface area contributed by atoms with Crippen LogP contribution in [0.15, 0.2) is 56.5 Å². The summed E-state index contributed by atoms with van der Waals surface area (Å²) < 4.78 is 15.5. The number of nitrogens with zero attached hydrogens (tertiary/aromatic N) is 2. The number of carbonyl (C=O) groups excluding carboxylic acids is 2. The van der Waals surface area contributed by atoms with Crippen molar-refractivity contribution in [2.24, 2.45) is 0 Å². The maximum atomic E-state index is 13.1. The maximum Gasteiger partial charge on any atom is 0.349 e. The first-order chi connectivity index (χ1) is 15.5. The van der Waals surface area contributed by atoms with E-state index in [4.69, 9.17) is 13.6 Å². The molecule has 32 heavy (non-hydrogen) atoms. The third-order valence-electron chi connectivity index (χ3n) is 5.20. The van der Waals surface area contributed by atoms with E-state index in [1.807, 2.05) is 0 Å². The number of aromatic nitrogens is 1. The Bertz CT molecular complexity index is 1390. The first kappa shape index (κ1) is 20.0. The van der Waals surface area contributed by atoms with Gasteiger partial charge >= 0.3 is 5.63 Å². The van der Waals surface area contributed by atoms with Crippen LogP contribution in [0.2, 0.25) is 0 Å². The van der Waals surface area contributed by atoms with Crippen LogP contribution in [-0.2, 0) is 13.0 Å². The van der Waals surface area contributed by atoms with E-state index >= 15 is 0 Å². The third-order valence-corrected chi connectivity index (χ3v) is 6.19. The lowest BCUT2D eigenvalue weighted by atomic mass is 10.1. The summed E-state index contributed by atoms with van der Waals surface area (Å²) in [7, 11) is 1.49. The zero-order valence-electron chi connectivity index (χ0n) is 16.9. The van der Waals surface area contributed by atoms with Crippen molar-refractivity contribution in [2.75, 3.05) is 19.0 Å². The van der Waals surface area contributed by atoms with Crippen LogP contribution in [0.3, 0.4) is 0 Å². The molecule has 1 aromatic carbocycles. The van der Waals surface area contributed by atoms with Gasteiger partial charge in [-0.25, -0.2) is 9.78 Å². The van der Waals surface area contributed by atoms with Gasteiger partial charge in [0.1, 0.15) is 11.8 Å². The molecule has 0 unspecified atom stereocenters. The third kappa shape index (κ3) is 3.54. The molecule has 4 heterocycles. The lowest BCUT2D eigenvalue weighted by molar-refractivity contribution is 0.0732. The van der Waals surface area contributed by atoms with Gasteiger partial charge in [-0.05, 0) is 18.2 Å². The molecule has 0 saturated carbocycles. The van der Waals surface area contributed by atoms with E-state index in [2.05, 4.69) is 10.3 Å². The number of anilines is 1. The van der Waals surface area contributed by atoms with Crippen LogP contribution in [-0.4, -0.2) is 35.4 Å². The zero-order chi connectivity index (χ0) is 22.2. The first-order valence-corrected chi connectivity index (χ1v) is 10.6. The van der Waals surface area contributed by atoms with Crippen molar-refractivity contribution in [3.05, 3.63) is 75.0 Å². The van der Waals surface area contributed by atoms with Crippen LogP contribution in [0.4, 0.5) is 5.13 Å². The summed E-state index contributed by atoms with van der Waals surface area (Å²) in [5.74, 6) is -0.302. The second-order valence-electron chi connectivity index (χ2n) is 7.16. The number of nitrogens with one attached hydrogen (secondary N) is 1. The largest absolute Gasteiger partial charge is 0.493 e. The monoisotopic (exact) mass is 451 g/mol. The van der Waals surface area contributed by atoms with Crippen LogP contribution in [0, 0.1) is 0 Å². The molecule has 4 aromatic rings. The Morgan fingerprint density at radius 1 is 1.28 bits per heavy atom. The van der Waals surface area contributed by atoms with E-state index in [0.717, 1.165) is 10.6 Å². The van der Waals surface area contributed by atoms with Gasteiger partial charge in [-0.3, -0.25) is 14.9 Å². The number of benzene rings is 1. The Labute approximate surface area is 185 Å². The SMILES string of the molecule is COc1cccc2cc(C(=O)N3CCc4nc(NC(=O)c5ccoc5)sc4C3)c(=O)oc12. The summed E-state index contributed by atoms with van der Waals surface area (Å²) in [6, 6.07) is 8.30. The first-order valence-electron chi connectivity index (χ1n) is 9.76. The van der Waals surface area contributed by atoms with Crippen LogP contribution < -0.4 is 15.7 Å². The fourth-order valence-corrected chi connectivity index (χ4v) is 4.60. The molecular weight excluding hydrogens is 434 g/mol. The summed E-state index contributed by atoms with van der Waals surface area (Å²) in [6.07, 6.45) is 3.30. The van der Waals surface area contributed by atoms with Gasteiger partial charge in [0.2, 0.25) is 0 Å². The van der Waals surface area contributed by atoms with E-state index in [-0.39, 0.29) is 11.5 Å². The Kier molecular flexibility index (Phi) is 4.98. The lowest BCUT2D eigenvalue weighted by Gasteiger charge is -2.25. The maximum absolute atomic E-state index is 13.1. The highest BCUT2D eigenvalue weighted by Gasteiger charge is 2.28. The molecule has 1 N–H and O–H groups in total. The molecular formula is C22H17N3O6S. The fourth-order valence-electron chi connectivity index (χ4n) is 3.58. The summed E-state index contributed by atoms with van der Waals surface area (Å²) >= 11 is 1.30. The molecule has 0 fully saturated rings. The van der Waals surface area contributed by atoms with E-state index in [1.54, 1.807) is 29.2 Å². The topological polar surface area (TPSA) is 115 Å². The molecule has 162 valence electrons. The fraction of sp³-hybridized carbons (Fsp3) is 0.182. The average Bonchev–Trinajstić information content (AvgIpc) is 3.47. The molecule has 0 saturated heterocycles. The van der Waals surface area contributed by atoms with Gasteiger partial charge in [-0.2, -0.15) is 0 Å². The smallest absolute Gasteiger partial charge is 0.349 e. The number of hydrogen-bond donors (Lipinski definition) is 1. The molecule has 10 heteroatoms. The number of rotatable bonds is 4. The number of carbonyl (C=O) groups is 2. The van der Waals surface area contributed by atoms with Gasteiger partial charge in [0, 0.05) is 23.2 Å². The number of methoxy groups -OCH3 is 1. The number of furan rings is 1. The van der Waals surface area contributed by atoms with Gasteiger partial charge in [-0.15, -0.1) is 0 Å². The molecule has 0 bridgehead atoms. The second-order valence-corrected chi connectivity index (χ2v) is 8.24. The van der Waals surface area contributed by atoms with Gasteiger partial charge in [0.25, 0.3) is 11.8 Å². The number of amides is 2. The predicted molar refractivity (Wildman–Crippen MR) is 116 cm³/mol. The summed E-state index contributed by atoms with van der Waals surface area (Å²) in [5, 5.41) is 3.80. The van der Waals surface area contributed by atoms with E-state index in [9.17, 15) is 14.4 Å². The highest BCUT2D eigenvalue weighted by atomic mass is 32.1. The van der Waals surface area contributed by atoms with Crippen molar-refractivity contribution in [3.63, 3.8) is 0 Å². The number of ether oxygens (including phenoxy) is 1. The average molecular weight is 451 g/mol. The summed E-state index contributed by atoms with van der Waals surface area (Å²) in [6.45, 7) is 0.698. The molecule has 9 nitrogen and oxygen atoms in total. The minimum Gasteiger partial charge on any atom is -0.493 e.